The molecule has 2 rings (SSSR count). The van der Waals surface area contributed by atoms with Crippen molar-refractivity contribution in [1.29, 1.82) is 0 Å². The number of halogens is 4. The molecule has 0 saturated carbocycles. The number of benzene rings is 1. The molecular formula is C14H14ClF3N2O2. The fourth-order valence-corrected chi connectivity index (χ4v) is 2.42. The normalized spacial score (nSPS) is 15.3. The van der Waals surface area contributed by atoms with Gasteiger partial charge < -0.3 is 10.2 Å². The molecule has 1 saturated heterocycles. The first kappa shape index (κ1) is 16.6. The highest BCUT2D eigenvalue weighted by atomic mass is 35.5. The van der Waals surface area contributed by atoms with Crippen LogP contribution >= 0.6 is 11.6 Å². The highest BCUT2D eigenvalue weighted by molar-refractivity contribution is 6.33. The second kappa shape index (κ2) is 6.56. The Morgan fingerprint density at radius 2 is 2.09 bits per heavy atom. The molecule has 0 aromatic heterocycles. The van der Waals surface area contributed by atoms with Crippen molar-refractivity contribution in [3.05, 3.63) is 34.3 Å². The Morgan fingerprint density at radius 3 is 2.68 bits per heavy atom. The lowest BCUT2D eigenvalue weighted by molar-refractivity contribution is -0.137. The molecule has 22 heavy (non-hydrogen) atoms. The van der Waals surface area contributed by atoms with Crippen molar-refractivity contribution in [3.63, 3.8) is 0 Å². The van der Waals surface area contributed by atoms with Crippen LogP contribution in [0.2, 0.25) is 5.02 Å². The Balaban J connectivity index is 1.98. The summed E-state index contributed by atoms with van der Waals surface area (Å²) in [5.41, 5.74) is -1.17. The summed E-state index contributed by atoms with van der Waals surface area (Å²) in [5.74, 6) is -0.672. The lowest BCUT2D eigenvalue weighted by atomic mass is 10.1. The molecule has 1 aromatic rings. The molecule has 2 amide bonds. The van der Waals surface area contributed by atoms with Crippen LogP contribution in [0.25, 0.3) is 0 Å². The van der Waals surface area contributed by atoms with Gasteiger partial charge in [-0.3, -0.25) is 9.59 Å². The van der Waals surface area contributed by atoms with E-state index in [4.69, 9.17) is 11.6 Å². The van der Waals surface area contributed by atoms with Gasteiger partial charge in [-0.05, 0) is 24.6 Å². The maximum absolute atomic E-state index is 12.6. The first-order valence-electron chi connectivity index (χ1n) is 6.72. The van der Waals surface area contributed by atoms with Crippen molar-refractivity contribution >= 4 is 23.4 Å². The molecule has 4 nitrogen and oxygen atoms in total. The Kier molecular flexibility index (Phi) is 4.95. The number of alkyl halides is 3. The van der Waals surface area contributed by atoms with Crippen molar-refractivity contribution in [2.75, 3.05) is 19.6 Å². The van der Waals surface area contributed by atoms with Crippen LogP contribution < -0.4 is 5.32 Å². The van der Waals surface area contributed by atoms with Gasteiger partial charge in [0.25, 0.3) is 5.91 Å². The largest absolute Gasteiger partial charge is 0.416 e. The standard InChI is InChI=1S/C14H14ClF3N2O2/c15-11-4-3-9(14(16,17)18)8-10(11)13(22)19-5-7-20-6-1-2-12(20)21/h3-4,8H,1-2,5-7H2,(H,19,22). The smallest absolute Gasteiger partial charge is 0.350 e. The van der Waals surface area contributed by atoms with Crippen LogP contribution in [0.3, 0.4) is 0 Å². The Labute approximate surface area is 130 Å². The molecule has 0 bridgehead atoms. The fraction of sp³-hybridized carbons (Fsp3) is 0.429. The zero-order chi connectivity index (χ0) is 16.3. The second-order valence-electron chi connectivity index (χ2n) is 4.93. The molecule has 0 atom stereocenters. The third-order valence-corrected chi connectivity index (χ3v) is 3.71. The van der Waals surface area contributed by atoms with Crippen molar-refractivity contribution in [3.8, 4) is 0 Å². The first-order valence-corrected chi connectivity index (χ1v) is 7.09. The van der Waals surface area contributed by atoms with Gasteiger partial charge >= 0.3 is 6.18 Å². The van der Waals surface area contributed by atoms with Crippen LogP contribution in [0.15, 0.2) is 18.2 Å². The monoisotopic (exact) mass is 334 g/mol. The van der Waals surface area contributed by atoms with Gasteiger partial charge in [-0.25, -0.2) is 0 Å². The SMILES string of the molecule is O=C(NCCN1CCCC1=O)c1cc(C(F)(F)F)ccc1Cl. The average Bonchev–Trinajstić information content (AvgIpc) is 2.83. The average molecular weight is 335 g/mol. The van der Waals surface area contributed by atoms with E-state index in [1.165, 1.54) is 0 Å². The fourth-order valence-electron chi connectivity index (χ4n) is 2.22. The van der Waals surface area contributed by atoms with E-state index in [-0.39, 0.29) is 23.0 Å². The maximum atomic E-state index is 12.6. The number of carbonyl (C=O) groups excluding carboxylic acids is 2. The third-order valence-electron chi connectivity index (χ3n) is 3.38. The summed E-state index contributed by atoms with van der Waals surface area (Å²) >= 11 is 5.78. The minimum atomic E-state index is -4.54. The molecule has 120 valence electrons. The molecule has 0 radical (unpaired) electrons. The van der Waals surface area contributed by atoms with E-state index in [0.29, 0.717) is 19.5 Å². The van der Waals surface area contributed by atoms with Gasteiger partial charge in [-0.15, -0.1) is 0 Å². The summed E-state index contributed by atoms with van der Waals surface area (Å²) in [6.07, 6.45) is -3.26. The van der Waals surface area contributed by atoms with E-state index < -0.39 is 17.6 Å². The van der Waals surface area contributed by atoms with Crippen LogP contribution in [0.1, 0.15) is 28.8 Å². The number of nitrogens with one attached hydrogen (secondary N) is 1. The lowest BCUT2D eigenvalue weighted by Crippen LogP contribution is -2.35. The van der Waals surface area contributed by atoms with E-state index in [0.717, 1.165) is 24.6 Å². The predicted molar refractivity (Wildman–Crippen MR) is 74.6 cm³/mol. The number of hydrogen-bond acceptors (Lipinski definition) is 2. The van der Waals surface area contributed by atoms with E-state index in [2.05, 4.69) is 5.32 Å². The number of nitrogens with zero attached hydrogens (tertiary/aromatic N) is 1. The molecule has 1 fully saturated rings. The first-order chi connectivity index (χ1) is 10.3. The van der Waals surface area contributed by atoms with Crippen molar-refractivity contribution in [2.45, 2.75) is 19.0 Å². The topological polar surface area (TPSA) is 49.4 Å². The van der Waals surface area contributed by atoms with E-state index in [9.17, 15) is 22.8 Å². The van der Waals surface area contributed by atoms with Gasteiger partial charge in [0.1, 0.15) is 0 Å². The van der Waals surface area contributed by atoms with Crippen LogP contribution in [0.4, 0.5) is 13.2 Å². The van der Waals surface area contributed by atoms with Crippen LogP contribution in [-0.2, 0) is 11.0 Å². The summed E-state index contributed by atoms with van der Waals surface area (Å²) in [5, 5.41) is 2.43. The molecule has 1 aliphatic heterocycles. The molecule has 1 N–H and O–H groups in total. The molecule has 0 unspecified atom stereocenters. The summed E-state index contributed by atoms with van der Waals surface area (Å²) < 4.78 is 37.9. The molecule has 0 spiro atoms. The van der Waals surface area contributed by atoms with Crippen molar-refractivity contribution in [1.82, 2.24) is 10.2 Å². The second-order valence-corrected chi connectivity index (χ2v) is 5.34. The Hall–Kier alpha value is -1.76. The maximum Gasteiger partial charge on any atom is 0.416 e. The van der Waals surface area contributed by atoms with Crippen LogP contribution in [0.5, 0.6) is 0 Å². The van der Waals surface area contributed by atoms with Gasteiger partial charge in [0, 0.05) is 26.1 Å². The predicted octanol–water partition coefficient (Wildman–Crippen LogP) is 2.71. The summed E-state index contributed by atoms with van der Waals surface area (Å²) in [7, 11) is 0. The number of rotatable bonds is 4. The van der Waals surface area contributed by atoms with Gasteiger partial charge in [0.15, 0.2) is 0 Å². The summed E-state index contributed by atoms with van der Waals surface area (Å²) in [6.45, 7) is 1.14. The molecule has 1 aliphatic rings. The van der Waals surface area contributed by atoms with Crippen molar-refractivity contribution in [2.24, 2.45) is 0 Å². The molecule has 1 aromatic carbocycles. The van der Waals surface area contributed by atoms with E-state index in [1.807, 2.05) is 0 Å². The molecule has 1 heterocycles. The molecular weight excluding hydrogens is 321 g/mol. The Morgan fingerprint density at radius 1 is 1.36 bits per heavy atom. The third kappa shape index (κ3) is 3.91. The summed E-state index contributed by atoms with van der Waals surface area (Å²) in [6, 6.07) is 2.59. The van der Waals surface area contributed by atoms with E-state index >= 15 is 0 Å². The van der Waals surface area contributed by atoms with Gasteiger partial charge in [0.05, 0.1) is 16.1 Å². The number of amides is 2. The van der Waals surface area contributed by atoms with Crippen LogP contribution in [-0.4, -0.2) is 36.3 Å². The zero-order valence-corrected chi connectivity index (χ0v) is 12.3. The zero-order valence-electron chi connectivity index (χ0n) is 11.5. The van der Waals surface area contributed by atoms with Gasteiger partial charge in [0.2, 0.25) is 5.91 Å². The minimum absolute atomic E-state index is 0.0198. The highest BCUT2D eigenvalue weighted by Gasteiger charge is 2.31. The Bertz CT molecular complexity index is 590. The molecule has 8 heteroatoms. The highest BCUT2D eigenvalue weighted by Crippen LogP contribution is 2.31. The lowest BCUT2D eigenvalue weighted by Gasteiger charge is -2.16. The van der Waals surface area contributed by atoms with E-state index in [1.54, 1.807) is 4.90 Å². The number of hydrogen-bond donors (Lipinski definition) is 1. The summed E-state index contributed by atoms with van der Waals surface area (Å²) in [4.78, 5) is 24.9. The number of likely N-dealkylation sites (tertiary alicyclic amines) is 1. The number of carbonyl (C=O) groups is 2. The molecule has 0 aliphatic carbocycles. The van der Waals surface area contributed by atoms with Crippen LogP contribution in [0, 0.1) is 0 Å². The van der Waals surface area contributed by atoms with Gasteiger partial charge in [-0.2, -0.15) is 13.2 Å². The minimum Gasteiger partial charge on any atom is -0.350 e. The van der Waals surface area contributed by atoms with Gasteiger partial charge in [-0.1, -0.05) is 11.6 Å². The van der Waals surface area contributed by atoms with Crippen molar-refractivity contribution < 1.29 is 22.8 Å². The quantitative estimate of drug-likeness (QED) is 0.920.